The number of carbonyl (C=O) groups excluding carboxylic acids is 1. The molecule has 154 valence electrons. The van der Waals surface area contributed by atoms with Gasteiger partial charge in [0.1, 0.15) is 10.7 Å². The molecule has 5 nitrogen and oxygen atoms in total. The molecule has 2 heterocycles. The van der Waals surface area contributed by atoms with Crippen molar-refractivity contribution in [2.45, 2.75) is 83.3 Å². The molecular weight excluding hydrogens is 390 g/mol. The fraction of sp³-hybridized carbons (Fsp3) is 0.667. The number of rotatable bonds is 8. The van der Waals surface area contributed by atoms with Gasteiger partial charge in [-0.15, -0.1) is 23.1 Å². The number of H-pyrrole nitrogens is 1. The summed E-state index contributed by atoms with van der Waals surface area (Å²) >= 11 is 3.08. The van der Waals surface area contributed by atoms with E-state index in [1.165, 1.54) is 43.9 Å². The molecular formula is C21H31N3O2S2. The van der Waals surface area contributed by atoms with E-state index in [0.29, 0.717) is 28.9 Å². The predicted molar refractivity (Wildman–Crippen MR) is 119 cm³/mol. The van der Waals surface area contributed by atoms with Crippen molar-refractivity contribution >= 4 is 39.2 Å². The van der Waals surface area contributed by atoms with Gasteiger partial charge in [0.15, 0.2) is 0 Å². The second-order valence-corrected chi connectivity index (χ2v) is 10.4. The van der Waals surface area contributed by atoms with Crippen LogP contribution in [0.5, 0.6) is 0 Å². The lowest BCUT2D eigenvalue weighted by molar-refractivity contribution is -0.121. The summed E-state index contributed by atoms with van der Waals surface area (Å²) in [6, 6.07) is 0.327. The van der Waals surface area contributed by atoms with Gasteiger partial charge >= 0.3 is 0 Å². The van der Waals surface area contributed by atoms with E-state index in [4.69, 9.17) is 0 Å². The molecule has 7 heteroatoms. The van der Waals surface area contributed by atoms with Crippen LogP contribution in [0.4, 0.5) is 0 Å². The molecule has 2 aromatic rings. The number of fused-ring (bicyclic) bond motifs is 1. The lowest BCUT2D eigenvalue weighted by Crippen LogP contribution is -2.41. The smallest absolute Gasteiger partial charge is 0.259 e. The van der Waals surface area contributed by atoms with Gasteiger partial charge in [-0.3, -0.25) is 9.59 Å². The van der Waals surface area contributed by atoms with E-state index in [1.54, 1.807) is 11.3 Å². The number of nitrogens with one attached hydrogen (secondary N) is 2. The highest BCUT2D eigenvalue weighted by atomic mass is 32.2. The van der Waals surface area contributed by atoms with Crippen LogP contribution in [0.2, 0.25) is 0 Å². The molecule has 1 saturated carbocycles. The number of carbonyl (C=O) groups is 1. The first-order valence-electron chi connectivity index (χ1n) is 10.3. The zero-order valence-corrected chi connectivity index (χ0v) is 18.9. The summed E-state index contributed by atoms with van der Waals surface area (Å²) < 4.78 is 0. The minimum Gasteiger partial charge on any atom is -0.352 e. The quantitative estimate of drug-likeness (QED) is 0.648. The Morgan fingerprint density at radius 2 is 2.18 bits per heavy atom. The fourth-order valence-corrected chi connectivity index (χ4v) is 5.80. The van der Waals surface area contributed by atoms with Crippen LogP contribution in [-0.4, -0.2) is 27.2 Å². The van der Waals surface area contributed by atoms with Crippen molar-refractivity contribution < 1.29 is 4.79 Å². The normalized spacial score (nSPS) is 20.6. The van der Waals surface area contributed by atoms with Crippen molar-refractivity contribution in [2.75, 3.05) is 0 Å². The Labute approximate surface area is 175 Å². The summed E-state index contributed by atoms with van der Waals surface area (Å²) in [4.78, 5) is 34.4. The monoisotopic (exact) mass is 421 g/mol. The number of aromatic amines is 1. The predicted octanol–water partition coefficient (Wildman–Crippen LogP) is 4.70. The number of amides is 1. The second-order valence-electron chi connectivity index (χ2n) is 7.88. The lowest BCUT2D eigenvalue weighted by atomic mass is 9.97. The maximum Gasteiger partial charge on any atom is 0.259 e. The molecule has 0 aromatic carbocycles. The van der Waals surface area contributed by atoms with Crippen LogP contribution < -0.4 is 10.9 Å². The van der Waals surface area contributed by atoms with E-state index >= 15 is 0 Å². The molecule has 1 amide bonds. The Kier molecular flexibility index (Phi) is 7.20. The molecule has 1 aliphatic carbocycles. The molecule has 1 fully saturated rings. The molecule has 2 N–H and O–H groups in total. The molecule has 3 rings (SSSR count). The van der Waals surface area contributed by atoms with E-state index in [0.717, 1.165) is 21.7 Å². The van der Waals surface area contributed by atoms with E-state index < -0.39 is 0 Å². The van der Waals surface area contributed by atoms with Crippen molar-refractivity contribution in [1.82, 2.24) is 15.3 Å². The van der Waals surface area contributed by atoms with Gasteiger partial charge in [0.2, 0.25) is 5.91 Å². The number of nitrogens with zero attached hydrogens (tertiary/aromatic N) is 1. The summed E-state index contributed by atoms with van der Waals surface area (Å²) in [6.07, 6.45) is 7.21. The van der Waals surface area contributed by atoms with Crippen LogP contribution in [0, 0.1) is 19.8 Å². The van der Waals surface area contributed by atoms with Gasteiger partial charge in [-0.05, 0) is 51.5 Å². The SMILES string of the molecule is CCCCC1CCCC1NC(=O)C(C)SCc1nc2sc(C)c(C)c2c(=O)[nH]1. The van der Waals surface area contributed by atoms with Crippen LogP contribution in [-0.2, 0) is 10.5 Å². The van der Waals surface area contributed by atoms with E-state index in [2.05, 4.69) is 22.2 Å². The van der Waals surface area contributed by atoms with Crippen molar-refractivity contribution in [3.63, 3.8) is 0 Å². The second kappa shape index (κ2) is 9.44. The van der Waals surface area contributed by atoms with Gasteiger partial charge in [0.25, 0.3) is 5.56 Å². The molecule has 0 bridgehead atoms. The molecule has 0 aliphatic heterocycles. The van der Waals surface area contributed by atoms with Crippen molar-refractivity contribution in [3.8, 4) is 0 Å². The standard InChI is InChI=1S/C21H31N3O2S2/c1-5-6-8-15-9-7-10-16(15)22-19(25)14(4)27-11-17-23-20(26)18-12(2)13(3)28-21(18)24-17/h14-16H,5-11H2,1-4H3,(H,22,25)(H,23,24,26). The summed E-state index contributed by atoms with van der Waals surface area (Å²) in [6.45, 7) is 8.13. The van der Waals surface area contributed by atoms with Crippen molar-refractivity contribution in [2.24, 2.45) is 5.92 Å². The Bertz CT molecular complexity index is 890. The zero-order chi connectivity index (χ0) is 20.3. The van der Waals surface area contributed by atoms with Crippen LogP contribution in [0.15, 0.2) is 4.79 Å². The summed E-state index contributed by atoms with van der Waals surface area (Å²) in [5, 5.41) is 3.80. The van der Waals surface area contributed by atoms with Crippen LogP contribution >= 0.6 is 23.1 Å². The lowest BCUT2D eigenvalue weighted by Gasteiger charge is -2.22. The van der Waals surface area contributed by atoms with Crippen molar-refractivity contribution in [1.29, 1.82) is 0 Å². The Morgan fingerprint density at radius 1 is 1.39 bits per heavy atom. The number of thioether (sulfide) groups is 1. The fourth-order valence-electron chi connectivity index (χ4n) is 3.99. The first-order valence-corrected chi connectivity index (χ1v) is 12.2. The first kappa shape index (κ1) is 21.4. The topological polar surface area (TPSA) is 74.8 Å². The number of hydrogen-bond acceptors (Lipinski definition) is 5. The third-order valence-corrected chi connectivity index (χ3v) is 8.10. The Hall–Kier alpha value is -1.34. The van der Waals surface area contributed by atoms with E-state index in [-0.39, 0.29) is 16.7 Å². The van der Waals surface area contributed by atoms with Crippen molar-refractivity contribution in [3.05, 3.63) is 26.6 Å². The van der Waals surface area contributed by atoms with E-state index in [1.807, 2.05) is 20.8 Å². The Balaban J connectivity index is 1.57. The van der Waals surface area contributed by atoms with Gasteiger partial charge in [-0.1, -0.05) is 26.2 Å². The molecule has 0 spiro atoms. The maximum atomic E-state index is 12.6. The first-order chi connectivity index (χ1) is 13.4. The average Bonchev–Trinajstić information content (AvgIpc) is 3.21. The van der Waals surface area contributed by atoms with Gasteiger partial charge in [0, 0.05) is 10.9 Å². The molecule has 28 heavy (non-hydrogen) atoms. The number of aromatic nitrogens is 2. The van der Waals surface area contributed by atoms with Crippen LogP contribution in [0.3, 0.4) is 0 Å². The molecule has 2 aromatic heterocycles. The highest BCUT2D eigenvalue weighted by Gasteiger charge is 2.29. The number of unbranched alkanes of at least 4 members (excludes halogenated alkanes) is 1. The Morgan fingerprint density at radius 3 is 2.93 bits per heavy atom. The third-order valence-electron chi connectivity index (χ3n) is 5.84. The maximum absolute atomic E-state index is 12.6. The number of hydrogen-bond donors (Lipinski definition) is 2. The zero-order valence-electron chi connectivity index (χ0n) is 17.3. The summed E-state index contributed by atoms with van der Waals surface area (Å²) in [5.41, 5.74) is 0.930. The number of aryl methyl sites for hydroxylation is 2. The highest BCUT2D eigenvalue weighted by Crippen LogP contribution is 2.30. The minimum atomic E-state index is -0.166. The van der Waals surface area contributed by atoms with Crippen LogP contribution in [0.25, 0.3) is 10.2 Å². The molecule has 3 unspecified atom stereocenters. The molecule has 0 saturated heterocycles. The highest BCUT2D eigenvalue weighted by molar-refractivity contribution is 7.99. The number of thiophene rings is 1. The summed E-state index contributed by atoms with van der Waals surface area (Å²) in [5.74, 6) is 1.90. The van der Waals surface area contributed by atoms with Gasteiger partial charge in [-0.2, -0.15) is 0 Å². The summed E-state index contributed by atoms with van der Waals surface area (Å²) in [7, 11) is 0. The van der Waals surface area contributed by atoms with Gasteiger partial charge in [0.05, 0.1) is 16.4 Å². The van der Waals surface area contributed by atoms with Crippen LogP contribution in [0.1, 0.15) is 68.6 Å². The van der Waals surface area contributed by atoms with Gasteiger partial charge < -0.3 is 10.3 Å². The third kappa shape index (κ3) is 4.79. The minimum absolute atomic E-state index is 0.0794. The largest absolute Gasteiger partial charge is 0.352 e. The average molecular weight is 422 g/mol. The van der Waals surface area contributed by atoms with E-state index in [9.17, 15) is 9.59 Å². The molecule has 3 atom stereocenters. The molecule has 1 aliphatic rings. The molecule has 0 radical (unpaired) electrons. The van der Waals surface area contributed by atoms with Gasteiger partial charge in [-0.25, -0.2) is 4.98 Å².